The second kappa shape index (κ2) is 5.69. The Morgan fingerprint density at radius 3 is 2.58 bits per heavy atom. The number of aryl methyl sites for hydroxylation is 2. The molecule has 0 saturated carbocycles. The maximum absolute atomic E-state index is 13.2. The van der Waals surface area contributed by atoms with Crippen molar-refractivity contribution in [3.8, 4) is 0 Å². The Kier molecular flexibility index (Phi) is 3.57. The van der Waals surface area contributed by atoms with Crippen molar-refractivity contribution >= 4 is 22.8 Å². The highest BCUT2D eigenvalue weighted by molar-refractivity contribution is 5.87. The van der Waals surface area contributed by atoms with Crippen LogP contribution in [0.15, 0.2) is 39.0 Å². The average Bonchev–Trinajstić information content (AvgIpc) is 2.98. The highest BCUT2D eigenvalue weighted by atomic mass is 16.2. The van der Waals surface area contributed by atoms with Crippen molar-refractivity contribution < 1.29 is 0 Å². The first-order chi connectivity index (χ1) is 12.4. The first kappa shape index (κ1) is 16.3. The van der Waals surface area contributed by atoms with Crippen LogP contribution in [-0.2, 0) is 20.1 Å². The standard InChI is InChI=1S/C18H20N6O2/c1-11-7-5-6-8-13(11)10-24-16(25)14-15(21(3)18(24)26)19-17-22(4)20-12(2)9-23(14)17/h5-8H,9-10H2,1-4H3. The number of hydrazone groups is 1. The molecule has 3 heterocycles. The van der Waals surface area contributed by atoms with Gasteiger partial charge in [-0.3, -0.25) is 18.5 Å². The molecule has 8 heteroatoms. The summed E-state index contributed by atoms with van der Waals surface area (Å²) in [5.41, 5.74) is 2.97. The molecule has 1 aromatic carbocycles. The minimum absolute atomic E-state index is 0.234. The second-order valence-corrected chi connectivity index (χ2v) is 6.69. The van der Waals surface area contributed by atoms with Crippen LogP contribution < -0.4 is 16.3 Å². The molecule has 0 saturated heterocycles. The van der Waals surface area contributed by atoms with Crippen LogP contribution in [-0.4, -0.2) is 31.4 Å². The van der Waals surface area contributed by atoms with E-state index in [-0.39, 0.29) is 17.8 Å². The molecule has 0 radical (unpaired) electrons. The van der Waals surface area contributed by atoms with E-state index in [1.807, 2.05) is 42.7 Å². The Morgan fingerprint density at radius 1 is 1.12 bits per heavy atom. The monoisotopic (exact) mass is 352 g/mol. The average molecular weight is 352 g/mol. The predicted molar refractivity (Wildman–Crippen MR) is 101 cm³/mol. The van der Waals surface area contributed by atoms with Gasteiger partial charge in [-0.2, -0.15) is 10.1 Å². The molecule has 134 valence electrons. The molecular formula is C18H20N6O2. The van der Waals surface area contributed by atoms with Gasteiger partial charge in [0.25, 0.3) is 5.56 Å². The van der Waals surface area contributed by atoms with Gasteiger partial charge in [-0.15, -0.1) is 0 Å². The number of fused-ring (bicyclic) bond motifs is 3. The van der Waals surface area contributed by atoms with Crippen LogP contribution in [0.4, 0.5) is 5.95 Å². The van der Waals surface area contributed by atoms with Gasteiger partial charge in [0.2, 0.25) is 5.95 Å². The lowest BCUT2D eigenvalue weighted by Gasteiger charge is -2.20. The quantitative estimate of drug-likeness (QED) is 0.691. The summed E-state index contributed by atoms with van der Waals surface area (Å²) in [6.07, 6.45) is 0. The summed E-state index contributed by atoms with van der Waals surface area (Å²) in [7, 11) is 3.43. The molecule has 0 fully saturated rings. The van der Waals surface area contributed by atoms with Crippen molar-refractivity contribution in [1.29, 1.82) is 0 Å². The van der Waals surface area contributed by atoms with Gasteiger partial charge >= 0.3 is 5.69 Å². The predicted octanol–water partition coefficient (Wildman–Crippen LogP) is 1.08. The summed E-state index contributed by atoms with van der Waals surface area (Å²) in [4.78, 5) is 30.5. The molecule has 0 spiro atoms. The lowest BCUT2D eigenvalue weighted by Crippen LogP contribution is -2.40. The van der Waals surface area contributed by atoms with Crippen LogP contribution in [0.3, 0.4) is 0 Å². The van der Waals surface area contributed by atoms with Crippen molar-refractivity contribution in [2.45, 2.75) is 26.9 Å². The molecule has 26 heavy (non-hydrogen) atoms. The van der Waals surface area contributed by atoms with Crippen molar-refractivity contribution in [3.05, 3.63) is 56.2 Å². The number of hydrogen-bond acceptors (Lipinski definition) is 5. The highest BCUT2D eigenvalue weighted by Crippen LogP contribution is 2.22. The first-order valence-electron chi connectivity index (χ1n) is 8.41. The molecule has 1 aliphatic heterocycles. The summed E-state index contributed by atoms with van der Waals surface area (Å²) in [5.74, 6) is 0.561. The van der Waals surface area contributed by atoms with E-state index in [1.54, 1.807) is 19.1 Å². The van der Waals surface area contributed by atoms with E-state index in [1.165, 1.54) is 9.13 Å². The molecule has 1 aliphatic rings. The van der Waals surface area contributed by atoms with Crippen molar-refractivity contribution in [2.24, 2.45) is 12.1 Å². The number of anilines is 1. The van der Waals surface area contributed by atoms with Gasteiger partial charge in [-0.1, -0.05) is 24.3 Å². The van der Waals surface area contributed by atoms with Gasteiger partial charge in [-0.25, -0.2) is 9.80 Å². The molecule has 0 amide bonds. The summed E-state index contributed by atoms with van der Waals surface area (Å²) < 4.78 is 4.54. The molecule has 8 nitrogen and oxygen atoms in total. The second-order valence-electron chi connectivity index (χ2n) is 6.69. The first-order valence-corrected chi connectivity index (χ1v) is 8.41. The third-order valence-electron chi connectivity index (χ3n) is 4.80. The Balaban J connectivity index is 1.99. The topological polar surface area (TPSA) is 77.4 Å². The van der Waals surface area contributed by atoms with Crippen molar-refractivity contribution in [1.82, 2.24) is 18.7 Å². The number of hydrogen-bond donors (Lipinski definition) is 0. The van der Waals surface area contributed by atoms with Crippen LogP contribution in [0.25, 0.3) is 11.2 Å². The summed E-state index contributed by atoms with van der Waals surface area (Å²) in [6.45, 7) is 4.59. The largest absolute Gasteiger partial charge is 0.332 e. The Morgan fingerprint density at radius 2 is 1.85 bits per heavy atom. The van der Waals surface area contributed by atoms with E-state index >= 15 is 0 Å². The van der Waals surface area contributed by atoms with Gasteiger partial charge in [0.1, 0.15) is 0 Å². The minimum atomic E-state index is -0.374. The van der Waals surface area contributed by atoms with Crippen LogP contribution >= 0.6 is 0 Å². The summed E-state index contributed by atoms with van der Waals surface area (Å²) in [5, 5.41) is 6.01. The van der Waals surface area contributed by atoms with E-state index < -0.39 is 0 Å². The number of nitrogens with zero attached hydrogens (tertiary/aromatic N) is 6. The molecule has 0 aliphatic carbocycles. The third-order valence-corrected chi connectivity index (χ3v) is 4.80. The van der Waals surface area contributed by atoms with Gasteiger partial charge in [0.05, 0.1) is 18.8 Å². The summed E-state index contributed by atoms with van der Waals surface area (Å²) in [6, 6.07) is 7.75. The van der Waals surface area contributed by atoms with E-state index in [0.717, 1.165) is 16.8 Å². The summed E-state index contributed by atoms with van der Waals surface area (Å²) >= 11 is 0. The van der Waals surface area contributed by atoms with Crippen LogP contribution in [0, 0.1) is 6.92 Å². The normalized spacial score (nSPS) is 13.8. The van der Waals surface area contributed by atoms with Crippen molar-refractivity contribution in [3.63, 3.8) is 0 Å². The molecule has 0 bridgehead atoms. The van der Waals surface area contributed by atoms with Gasteiger partial charge < -0.3 is 0 Å². The fourth-order valence-electron chi connectivity index (χ4n) is 3.42. The zero-order chi connectivity index (χ0) is 18.6. The lowest BCUT2D eigenvalue weighted by atomic mass is 10.1. The molecular weight excluding hydrogens is 332 g/mol. The van der Waals surface area contributed by atoms with E-state index in [4.69, 9.17) is 0 Å². The zero-order valence-corrected chi connectivity index (χ0v) is 15.2. The lowest BCUT2D eigenvalue weighted by molar-refractivity contribution is 0.652. The molecule has 3 aromatic rings. The SMILES string of the molecule is CC1=NN(C)c2nc3c(c(=O)n(Cc4ccccc4C)c(=O)n3C)n2C1. The van der Waals surface area contributed by atoms with Gasteiger partial charge in [0.15, 0.2) is 11.2 Å². The van der Waals surface area contributed by atoms with Gasteiger partial charge in [-0.05, 0) is 25.0 Å². The number of imidazole rings is 1. The smallest absolute Gasteiger partial charge is 0.297 e. The maximum Gasteiger partial charge on any atom is 0.332 e. The number of benzene rings is 1. The zero-order valence-electron chi connectivity index (χ0n) is 15.2. The van der Waals surface area contributed by atoms with Gasteiger partial charge in [0, 0.05) is 14.1 Å². The third kappa shape index (κ3) is 2.29. The van der Waals surface area contributed by atoms with Crippen LogP contribution in [0.1, 0.15) is 18.1 Å². The number of aromatic nitrogens is 4. The molecule has 4 rings (SSSR count). The van der Waals surface area contributed by atoms with Crippen molar-refractivity contribution in [2.75, 3.05) is 12.1 Å². The number of rotatable bonds is 2. The molecule has 0 unspecified atom stereocenters. The highest BCUT2D eigenvalue weighted by Gasteiger charge is 2.25. The molecule has 0 atom stereocenters. The Hall–Kier alpha value is -3.16. The van der Waals surface area contributed by atoms with E-state index in [2.05, 4.69) is 10.1 Å². The van der Waals surface area contributed by atoms with Crippen LogP contribution in [0.5, 0.6) is 0 Å². The Labute approximate surface area is 149 Å². The minimum Gasteiger partial charge on any atom is -0.297 e. The molecule has 0 N–H and O–H groups in total. The fourth-order valence-corrected chi connectivity index (χ4v) is 3.42. The van der Waals surface area contributed by atoms with E-state index in [9.17, 15) is 9.59 Å². The maximum atomic E-state index is 13.2. The fraction of sp³-hybridized carbons (Fsp3) is 0.333. The molecule has 2 aromatic heterocycles. The van der Waals surface area contributed by atoms with Crippen LogP contribution in [0.2, 0.25) is 0 Å². The van der Waals surface area contributed by atoms with E-state index in [0.29, 0.717) is 23.7 Å². The Bertz CT molecular complexity index is 1180.